The number of carboxylic acid groups (broad SMARTS) is 1. The van der Waals surface area contributed by atoms with Crippen LogP contribution in [0.3, 0.4) is 0 Å². The number of likely N-dealkylation sites (tertiary alicyclic amines) is 1. The number of benzene rings is 1. The summed E-state index contributed by atoms with van der Waals surface area (Å²) in [5, 5.41) is 9.68. The van der Waals surface area contributed by atoms with Gasteiger partial charge in [-0.15, -0.1) is 11.3 Å². The van der Waals surface area contributed by atoms with Gasteiger partial charge in [0.05, 0.1) is 16.7 Å². The molecule has 1 aromatic carbocycles. The summed E-state index contributed by atoms with van der Waals surface area (Å²) in [4.78, 5) is 32.2. The minimum absolute atomic E-state index is 0.0689. The van der Waals surface area contributed by atoms with Crippen molar-refractivity contribution in [2.24, 2.45) is 16.3 Å². The van der Waals surface area contributed by atoms with Crippen molar-refractivity contribution in [2.75, 3.05) is 13.2 Å². The van der Waals surface area contributed by atoms with Gasteiger partial charge in [0.25, 0.3) is 5.91 Å². The lowest BCUT2D eigenvalue weighted by molar-refractivity contribution is -0.137. The van der Waals surface area contributed by atoms with Crippen molar-refractivity contribution in [1.82, 2.24) is 9.47 Å². The minimum atomic E-state index is -4.67. The Kier molecular flexibility index (Phi) is 8.37. The first-order valence-corrected chi connectivity index (χ1v) is 13.7. The Morgan fingerprint density at radius 2 is 1.79 bits per heavy atom. The van der Waals surface area contributed by atoms with E-state index in [0.29, 0.717) is 24.3 Å². The van der Waals surface area contributed by atoms with Crippen LogP contribution in [0.15, 0.2) is 29.4 Å². The summed E-state index contributed by atoms with van der Waals surface area (Å²) in [6, 6.07) is 2.72. The van der Waals surface area contributed by atoms with Gasteiger partial charge in [0, 0.05) is 24.2 Å². The first-order valence-electron chi connectivity index (χ1n) is 12.9. The molecule has 11 heteroatoms. The third-order valence-electron chi connectivity index (χ3n) is 7.11. The summed E-state index contributed by atoms with van der Waals surface area (Å²) in [6.45, 7) is 16.6. The van der Waals surface area contributed by atoms with Crippen LogP contribution in [0.4, 0.5) is 18.0 Å². The number of carbonyl (C=O) groups excluding carboxylic acids is 1. The standard InChI is InChI=1S/C28H38F3N3O4S/c1-17(2)14-33-15-21(25(3,4)5)39-23(33)32-22(35)19-13-18(28(29,30)31)9-10-20(19)38-16-27(26(6,7)8)11-12-34(27)24(36)37/h9-10,13,15,17H,11-12,14,16H2,1-8H3,(H,36,37)/t27-/m1/s1. The van der Waals surface area contributed by atoms with Crippen molar-refractivity contribution in [2.45, 2.75) is 85.5 Å². The molecule has 0 radical (unpaired) electrons. The van der Waals surface area contributed by atoms with Gasteiger partial charge in [-0.3, -0.25) is 9.69 Å². The van der Waals surface area contributed by atoms with E-state index >= 15 is 0 Å². The van der Waals surface area contributed by atoms with Crippen LogP contribution in [0.25, 0.3) is 0 Å². The Balaban J connectivity index is 2.08. The van der Waals surface area contributed by atoms with Crippen molar-refractivity contribution in [3.63, 3.8) is 0 Å². The monoisotopic (exact) mass is 569 g/mol. The maximum atomic E-state index is 13.6. The number of carbonyl (C=O) groups is 2. The Morgan fingerprint density at radius 1 is 1.15 bits per heavy atom. The number of rotatable bonds is 6. The predicted molar refractivity (Wildman–Crippen MR) is 144 cm³/mol. The second kappa shape index (κ2) is 10.6. The van der Waals surface area contributed by atoms with Crippen molar-refractivity contribution in [3.8, 4) is 5.75 Å². The minimum Gasteiger partial charge on any atom is -0.490 e. The number of hydrogen-bond donors (Lipinski definition) is 1. The number of alkyl halides is 3. The highest BCUT2D eigenvalue weighted by molar-refractivity contribution is 7.09. The van der Waals surface area contributed by atoms with Crippen LogP contribution in [-0.4, -0.2) is 45.3 Å². The molecule has 0 aliphatic carbocycles. The van der Waals surface area contributed by atoms with E-state index in [2.05, 4.69) is 4.99 Å². The van der Waals surface area contributed by atoms with Crippen LogP contribution >= 0.6 is 11.3 Å². The molecule has 1 aliphatic rings. The fraction of sp³-hybridized carbons (Fsp3) is 0.607. The lowest BCUT2D eigenvalue weighted by Crippen LogP contribution is -2.70. The van der Waals surface area contributed by atoms with Gasteiger partial charge in [-0.2, -0.15) is 18.2 Å². The predicted octanol–water partition coefficient (Wildman–Crippen LogP) is 6.81. The summed E-state index contributed by atoms with van der Waals surface area (Å²) >= 11 is 1.32. The van der Waals surface area contributed by atoms with E-state index in [4.69, 9.17) is 4.74 Å². The number of nitrogens with zero attached hydrogens (tertiary/aromatic N) is 3. The number of aromatic nitrogens is 1. The molecule has 0 saturated carbocycles. The van der Waals surface area contributed by atoms with Crippen molar-refractivity contribution in [1.29, 1.82) is 0 Å². The van der Waals surface area contributed by atoms with Gasteiger partial charge in [-0.05, 0) is 41.4 Å². The largest absolute Gasteiger partial charge is 0.490 e. The molecule has 0 bridgehead atoms. The quantitative estimate of drug-likeness (QED) is 0.414. The third-order valence-corrected chi connectivity index (χ3v) is 8.56. The van der Waals surface area contributed by atoms with Crippen molar-refractivity contribution in [3.05, 3.63) is 45.2 Å². The molecule has 1 atom stereocenters. The lowest BCUT2D eigenvalue weighted by Gasteiger charge is -2.58. The van der Waals surface area contributed by atoms with E-state index in [1.165, 1.54) is 16.2 Å². The summed E-state index contributed by atoms with van der Waals surface area (Å²) in [5.41, 5.74) is -2.94. The maximum Gasteiger partial charge on any atom is 0.416 e. The fourth-order valence-electron chi connectivity index (χ4n) is 4.60. The van der Waals surface area contributed by atoms with E-state index in [9.17, 15) is 27.9 Å². The van der Waals surface area contributed by atoms with E-state index in [1.807, 2.05) is 66.2 Å². The molecule has 3 rings (SSSR count). The van der Waals surface area contributed by atoms with Gasteiger partial charge in [-0.1, -0.05) is 55.4 Å². The Morgan fingerprint density at radius 3 is 2.26 bits per heavy atom. The smallest absolute Gasteiger partial charge is 0.416 e. The van der Waals surface area contributed by atoms with E-state index in [-0.39, 0.29) is 29.3 Å². The lowest BCUT2D eigenvalue weighted by atomic mass is 9.66. The second-order valence-corrected chi connectivity index (χ2v) is 13.6. The number of halogens is 3. The first-order chi connectivity index (χ1) is 17.8. The zero-order chi connectivity index (χ0) is 29.6. The van der Waals surface area contributed by atoms with E-state index < -0.39 is 34.7 Å². The van der Waals surface area contributed by atoms with Gasteiger partial charge in [0.15, 0.2) is 4.80 Å². The third kappa shape index (κ3) is 6.50. The average Bonchev–Trinajstić information content (AvgIpc) is 3.13. The van der Waals surface area contributed by atoms with Gasteiger partial charge < -0.3 is 14.4 Å². The first kappa shape index (κ1) is 30.7. The number of ether oxygens (including phenoxy) is 1. The van der Waals surface area contributed by atoms with Crippen LogP contribution < -0.4 is 9.54 Å². The van der Waals surface area contributed by atoms with E-state index in [1.54, 1.807) is 0 Å². The van der Waals surface area contributed by atoms with Gasteiger partial charge >= 0.3 is 12.3 Å². The highest BCUT2D eigenvalue weighted by Crippen LogP contribution is 2.46. The normalized spacial score (nSPS) is 18.9. The van der Waals surface area contributed by atoms with Crippen molar-refractivity contribution >= 4 is 23.3 Å². The molecule has 0 unspecified atom stereocenters. The molecule has 2 aromatic rings. The molecule has 216 valence electrons. The summed E-state index contributed by atoms with van der Waals surface area (Å²) in [6.07, 6.45) is -3.31. The van der Waals surface area contributed by atoms with Gasteiger partial charge in [-0.25, -0.2) is 4.79 Å². The molecule has 1 aliphatic heterocycles. The molecule has 1 aromatic heterocycles. The molecule has 1 N–H and O–H groups in total. The summed E-state index contributed by atoms with van der Waals surface area (Å²) < 4.78 is 48.7. The Hall–Kier alpha value is -2.82. The number of hydrogen-bond acceptors (Lipinski definition) is 4. The topological polar surface area (TPSA) is 84.1 Å². The van der Waals surface area contributed by atoms with Crippen LogP contribution in [-0.2, 0) is 18.1 Å². The maximum absolute atomic E-state index is 13.6. The second-order valence-electron chi connectivity index (χ2n) is 12.6. The Labute approximate surface area is 231 Å². The molecule has 1 saturated heterocycles. The van der Waals surface area contributed by atoms with Crippen LogP contribution in [0.1, 0.15) is 82.6 Å². The van der Waals surface area contributed by atoms with Crippen LogP contribution in [0.5, 0.6) is 5.75 Å². The number of amides is 2. The molecule has 2 amide bonds. The zero-order valence-corrected chi connectivity index (χ0v) is 24.6. The molecule has 1 fully saturated rings. The Bertz CT molecular complexity index is 1300. The van der Waals surface area contributed by atoms with Gasteiger partial charge in [0.1, 0.15) is 12.4 Å². The zero-order valence-electron chi connectivity index (χ0n) is 23.8. The fourth-order valence-corrected chi connectivity index (χ4v) is 5.66. The molecular formula is C28H38F3N3O4S. The average molecular weight is 570 g/mol. The van der Waals surface area contributed by atoms with E-state index in [0.717, 1.165) is 23.1 Å². The van der Waals surface area contributed by atoms with Gasteiger partial charge in [0.2, 0.25) is 0 Å². The molecule has 2 heterocycles. The van der Waals surface area contributed by atoms with Crippen molar-refractivity contribution < 1.29 is 32.6 Å². The van der Waals surface area contributed by atoms with Crippen LogP contribution in [0, 0.1) is 11.3 Å². The van der Waals surface area contributed by atoms with Crippen LogP contribution in [0.2, 0.25) is 0 Å². The molecule has 39 heavy (non-hydrogen) atoms. The highest BCUT2D eigenvalue weighted by Gasteiger charge is 2.56. The SMILES string of the molecule is CC(C)Cn1cc(C(C)(C)C)sc1=NC(=O)c1cc(C(F)(F)F)ccc1OC[C@@]1(C(C)(C)C)CCN1C(=O)O. The summed E-state index contributed by atoms with van der Waals surface area (Å²) in [7, 11) is 0. The molecule has 7 nitrogen and oxygen atoms in total. The summed E-state index contributed by atoms with van der Waals surface area (Å²) in [5.74, 6) is -0.674. The highest BCUT2D eigenvalue weighted by atomic mass is 32.1. The number of thiazole rings is 1. The molecular weight excluding hydrogens is 531 g/mol. The molecule has 0 spiro atoms.